The van der Waals surface area contributed by atoms with Gasteiger partial charge in [-0.05, 0) is 19.4 Å². The number of thioether (sulfide) groups is 1. The van der Waals surface area contributed by atoms with Gasteiger partial charge < -0.3 is 5.32 Å². The summed E-state index contributed by atoms with van der Waals surface area (Å²) >= 11 is 1.91. The Balaban J connectivity index is 1.98. The molecular weight excluding hydrogens is 218 g/mol. The Hall–Kier alpha value is -0.740. The average molecular weight is 239 g/mol. The first kappa shape index (κ1) is 13.3. The van der Waals surface area contributed by atoms with Crippen molar-refractivity contribution < 1.29 is 0 Å². The monoisotopic (exact) mass is 239 g/mol. The summed E-state index contributed by atoms with van der Waals surface area (Å²) < 4.78 is 1.98. The van der Waals surface area contributed by atoms with Gasteiger partial charge in [0, 0.05) is 43.0 Å². The lowest BCUT2D eigenvalue weighted by Gasteiger charge is -2.13. The largest absolute Gasteiger partial charge is 0.313 e. The van der Waals surface area contributed by atoms with Crippen LogP contribution in [0.25, 0.3) is 0 Å². The number of rotatable bonds is 9. The van der Waals surface area contributed by atoms with Gasteiger partial charge in [-0.15, -0.1) is 6.58 Å². The van der Waals surface area contributed by atoms with Crippen LogP contribution >= 0.6 is 11.8 Å². The summed E-state index contributed by atoms with van der Waals surface area (Å²) in [6, 6.07) is 2.51. The Morgan fingerprint density at radius 1 is 1.62 bits per heavy atom. The van der Waals surface area contributed by atoms with E-state index in [9.17, 15) is 0 Å². The third-order valence-electron chi connectivity index (χ3n) is 2.33. The Morgan fingerprint density at radius 2 is 2.50 bits per heavy atom. The molecule has 0 aliphatic heterocycles. The summed E-state index contributed by atoms with van der Waals surface area (Å²) in [6.45, 7) is 7.98. The van der Waals surface area contributed by atoms with E-state index in [2.05, 4.69) is 23.9 Å². The molecule has 0 aliphatic rings. The maximum Gasteiger partial charge on any atom is 0.0489 e. The second-order valence-electron chi connectivity index (χ2n) is 3.78. The zero-order chi connectivity index (χ0) is 11.6. The van der Waals surface area contributed by atoms with Crippen LogP contribution in [-0.4, -0.2) is 33.9 Å². The van der Waals surface area contributed by atoms with Crippen molar-refractivity contribution in [2.75, 3.05) is 18.1 Å². The fourth-order valence-electron chi connectivity index (χ4n) is 1.40. The van der Waals surface area contributed by atoms with Crippen molar-refractivity contribution in [1.82, 2.24) is 15.1 Å². The van der Waals surface area contributed by atoms with E-state index in [0.29, 0.717) is 6.04 Å². The molecule has 16 heavy (non-hydrogen) atoms. The van der Waals surface area contributed by atoms with Crippen LogP contribution < -0.4 is 5.32 Å². The highest BCUT2D eigenvalue weighted by molar-refractivity contribution is 7.99. The Bertz CT molecular complexity index is 272. The molecule has 0 amide bonds. The molecule has 0 spiro atoms. The van der Waals surface area contributed by atoms with E-state index in [1.54, 1.807) is 0 Å². The molecule has 0 fully saturated rings. The van der Waals surface area contributed by atoms with Gasteiger partial charge in [0.2, 0.25) is 0 Å². The molecule has 1 atom stereocenters. The molecule has 1 N–H and O–H groups in total. The molecule has 3 nitrogen and oxygen atoms in total. The zero-order valence-corrected chi connectivity index (χ0v) is 10.7. The van der Waals surface area contributed by atoms with Gasteiger partial charge in [-0.25, -0.2) is 0 Å². The van der Waals surface area contributed by atoms with E-state index < -0.39 is 0 Å². The maximum atomic E-state index is 4.18. The van der Waals surface area contributed by atoms with E-state index in [1.807, 2.05) is 41.0 Å². The Kier molecular flexibility index (Phi) is 7.01. The van der Waals surface area contributed by atoms with Crippen LogP contribution in [0, 0.1) is 0 Å². The molecule has 1 unspecified atom stereocenters. The quantitative estimate of drug-likeness (QED) is 0.529. The first-order valence-corrected chi connectivity index (χ1v) is 6.88. The summed E-state index contributed by atoms with van der Waals surface area (Å²) in [5.41, 5.74) is 0. The maximum absolute atomic E-state index is 4.18. The van der Waals surface area contributed by atoms with E-state index in [1.165, 1.54) is 0 Å². The summed E-state index contributed by atoms with van der Waals surface area (Å²) in [6.07, 6.45) is 6.90. The summed E-state index contributed by atoms with van der Waals surface area (Å²) in [5.74, 6) is 2.20. The lowest BCUT2D eigenvalue weighted by Crippen LogP contribution is -2.29. The van der Waals surface area contributed by atoms with Crippen molar-refractivity contribution in [3.8, 4) is 0 Å². The van der Waals surface area contributed by atoms with Gasteiger partial charge in [-0.2, -0.15) is 16.9 Å². The Morgan fingerprint density at radius 3 is 3.19 bits per heavy atom. The van der Waals surface area contributed by atoms with Crippen LogP contribution in [0.1, 0.15) is 13.3 Å². The smallest absolute Gasteiger partial charge is 0.0489 e. The minimum atomic E-state index is 0.550. The molecule has 1 rings (SSSR count). The zero-order valence-electron chi connectivity index (χ0n) is 9.93. The highest BCUT2D eigenvalue weighted by atomic mass is 32.2. The number of nitrogens with one attached hydrogen (secondary N) is 1. The lowest BCUT2D eigenvalue weighted by molar-refractivity contribution is 0.469. The van der Waals surface area contributed by atoms with Gasteiger partial charge in [0.05, 0.1) is 0 Å². The molecule has 1 aromatic rings. The second kappa shape index (κ2) is 8.42. The Labute approximate surface area is 102 Å². The summed E-state index contributed by atoms with van der Waals surface area (Å²) in [4.78, 5) is 0. The minimum absolute atomic E-state index is 0.550. The van der Waals surface area contributed by atoms with Crippen LogP contribution in [0.3, 0.4) is 0 Å². The molecular formula is C12H21N3S. The molecule has 0 saturated carbocycles. The molecule has 4 heteroatoms. The number of nitrogens with zero attached hydrogens (tertiary/aromatic N) is 2. The highest BCUT2D eigenvalue weighted by Gasteiger charge is 2.00. The van der Waals surface area contributed by atoms with Gasteiger partial charge in [-0.3, -0.25) is 4.68 Å². The van der Waals surface area contributed by atoms with Crippen LogP contribution in [0.15, 0.2) is 31.1 Å². The van der Waals surface area contributed by atoms with Crippen LogP contribution in [0.2, 0.25) is 0 Å². The second-order valence-corrected chi connectivity index (χ2v) is 4.93. The van der Waals surface area contributed by atoms with Crippen molar-refractivity contribution in [3.63, 3.8) is 0 Å². The van der Waals surface area contributed by atoms with Crippen molar-refractivity contribution in [3.05, 3.63) is 31.1 Å². The fraction of sp³-hybridized carbons (Fsp3) is 0.583. The molecule has 0 aliphatic carbocycles. The minimum Gasteiger partial charge on any atom is -0.313 e. The molecule has 1 heterocycles. The normalized spacial score (nSPS) is 12.6. The van der Waals surface area contributed by atoms with Gasteiger partial charge in [-0.1, -0.05) is 6.08 Å². The SMILES string of the molecule is C=CCSCCNC(C)CCn1cccn1. The van der Waals surface area contributed by atoms with Crippen LogP contribution in [-0.2, 0) is 6.54 Å². The number of aromatic nitrogens is 2. The van der Waals surface area contributed by atoms with E-state index in [4.69, 9.17) is 0 Å². The molecule has 0 saturated heterocycles. The number of aryl methyl sites for hydroxylation is 1. The summed E-state index contributed by atoms with van der Waals surface area (Å²) in [7, 11) is 0. The van der Waals surface area contributed by atoms with Crippen LogP contribution in [0.4, 0.5) is 0 Å². The third-order valence-corrected chi connectivity index (χ3v) is 3.29. The standard InChI is InChI=1S/C12H21N3S/c1-3-10-16-11-7-13-12(2)5-9-15-8-4-6-14-15/h3-4,6,8,12-13H,1,5,7,9-11H2,2H3. The van der Waals surface area contributed by atoms with Crippen LogP contribution in [0.5, 0.6) is 0 Å². The molecule has 0 aromatic carbocycles. The predicted molar refractivity (Wildman–Crippen MR) is 71.8 cm³/mol. The van der Waals surface area contributed by atoms with Crippen molar-refractivity contribution in [2.24, 2.45) is 0 Å². The molecule has 0 radical (unpaired) electrons. The van der Waals surface area contributed by atoms with Crippen molar-refractivity contribution in [1.29, 1.82) is 0 Å². The lowest BCUT2D eigenvalue weighted by atomic mass is 10.2. The third kappa shape index (κ3) is 5.98. The number of hydrogen-bond acceptors (Lipinski definition) is 3. The van der Waals surface area contributed by atoms with E-state index >= 15 is 0 Å². The molecule has 0 bridgehead atoms. The molecule has 90 valence electrons. The average Bonchev–Trinajstić information content (AvgIpc) is 2.79. The predicted octanol–water partition coefficient (Wildman–Crippen LogP) is 2.17. The van der Waals surface area contributed by atoms with Gasteiger partial charge >= 0.3 is 0 Å². The highest BCUT2D eigenvalue weighted by Crippen LogP contribution is 1.99. The summed E-state index contributed by atoms with van der Waals surface area (Å²) in [5, 5.41) is 7.69. The van der Waals surface area contributed by atoms with E-state index in [0.717, 1.165) is 31.0 Å². The molecule has 1 aromatic heterocycles. The van der Waals surface area contributed by atoms with Gasteiger partial charge in [0.15, 0.2) is 0 Å². The number of hydrogen-bond donors (Lipinski definition) is 1. The fourth-order valence-corrected chi connectivity index (χ4v) is 2.00. The first-order valence-electron chi connectivity index (χ1n) is 5.72. The van der Waals surface area contributed by atoms with E-state index in [-0.39, 0.29) is 0 Å². The van der Waals surface area contributed by atoms with Crippen molar-refractivity contribution in [2.45, 2.75) is 25.9 Å². The van der Waals surface area contributed by atoms with Gasteiger partial charge in [0.25, 0.3) is 0 Å². The van der Waals surface area contributed by atoms with Gasteiger partial charge in [0.1, 0.15) is 0 Å². The first-order chi connectivity index (χ1) is 7.83. The van der Waals surface area contributed by atoms with Crippen molar-refractivity contribution >= 4 is 11.8 Å². The topological polar surface area (TPSA) is 29.9 Å².